The van der Waals surface area contributed by atoms with Gasteiger partial charge in [-0.05, 0) is 43.4 Å². The number of primary amides is 1. The molecule has 186 valence electrons. The number of nitrogens with two attached hydrogens (primary N) is 1. The van der Waals surface area contributed by atoms with Gasteiger partial charge in [-0.2, -0.15) is 0 Å². The Morgan fingerprint density at radius 2 is 1.94 bits per heavy atom. The number of hydrogen-bond acceptors (Lipinski definition) is 8. The van der Waals surface area contributed by atoms with E-state index in [4.69, 9.17) is 10.5 Å². The number of aliphatic hydroxyl groups is 1. The molecule has 1 amide bonds. The maximum atomic E-state index is 13.9. The highest BCUT2D eigenvalue weighted by atomic mass is 32.3. The fourth-order valence-electron chi connectivity index (χ4n) is 4.37. The highest BCUT2D eigenvalue weighted by molar-refractivity contribution is 8.23. The third-order valence-corrected chi connectivity index (χ3v) is 7.67. The van der Waals surface area contributed by atoms with Crippen LogP contribution < -0.4 is 15.8 Å². The Bertz CT molecular complexity index is 1270. The molecule has 35 heavy (non-hydrogen) atoms. The number of amidine groups is 1. The first kappa shape index (κ1) is 24.8. The van der Waals surface area contributed by atoms with E-state index in [0.29, 0.717) is 17.9 Å². The van der Waals surface area contributed by atoms with Gasteiger partial charge < -0.3 is 20.9 Å². The van der Waals surface area contributed by atoms with Gasteiger partial charge in [-0.3, -0.25) is 18.7 Å². The van der Waals surface area contributed by atoms with E-state index in [0.717, 1.165) is 12.0 Å². The van der Waals surface area contributed by atoms with Crippen molar-refractivity contribution in [2.24, 2.45) is 16.0 Å². The number of amides is 1. The number of hydrogen-bond donors (Lipinski definition) is 5. The molecule has 0 fully saturated rings. The number of rotatable bonds is 7. The second kappa shape index (κ2) is 9.03. The summed E-state index contributed by atoms with van der Waals surface area (Å²) in [5, 5.41) is 14.1. The Morgan fingerprint density at radius 1 is 1.23 bits per heavy atom. The average molecular weight is 500 g/mol. The lowest BCUT2D eigenvalue weighted by Gasteiger charge is -2.39. The van der Waals surface area contributed by atoms with E-state index in [-0.39, 0.29) is 45.9 Å². The van der Waals surface area contributed by atoms with Gasteiger partial charge in [0.1, 0.15) is 22.0 Å². The Morgan fingerprint density at radius 3 is 2.63 bits per heavy atom. The number of carbonyl (C=O) groups excluding carboxylic acids is 2. The van der Waals surface area contributed by atoms with Crippen LogP contribution in [0.15, 0.2) is 57.3 Å². The number of benzene rings is 2. The zero-order valence-corrected chi connectivity index (χ0v) is 20.6. The predicted molar refractivity (Wildman–Crippen MR) is 136 cm³/mol. The number of ether oxygens (including phenoxy) is 1. The standard InChI is InChI=1S/C25H29N3O6S/c1-14(2)10-11-25(3)17-7-5-4-6-16(17)22(30)21(23(25)31)24-27-18-9-8-15(34-13-20(26)29)12-19(18)35(32,33)28-24/h4-9,12,14,30,32-33H,10-11,13H2,1-3H3,(H2,26,29)(H,27,28). The van der Waals surface area contributed by atoms with Gasteiger partial charge in [0.15, 0.2) is 18.2 Å². The summed E-state index contributed by atoms with van der Waals surface area (Å²) in [7, 11) is -3.76. The van der Waals surface area contributed by atoms with Crippen LogP contribution in [0, 0.1) is 5.92 Å². The molecule has 0 saturated heterocycles. The second-order valence-electron chi connectivity index (χ2n) is 9.36. The minimum atomic E-state index is -3.76. The van der Waals surface area contributed by atoms with Crippen LogP contribution in [-0.4, -0.2) is 38.3 Å². The number of Topliss-reactive ketones (excluding diaryl/α,β-unsaturated/α-hetero) is 1. The number of carbonyl (C=O) groups is 2. The third kappa shape index (κ3) is 4.52. The molecule has 0 bridgehead atoms. The molecule has 2 aliphatic rings. The molecule has 2 aromatic carbocycles. The topological polar surface area (TPSA) is 154 Å². The molecule has 1 atom stereocenters. The molecule has 0 aromatic heterocycles. The van der Waals surface area contributed by atoms with Crippen LogP contribution in [0.25, 0.3) is 5.76 Å². The van der Waals surface area contributed by atoms with E-state index in [1.807, 2.05) is 19.1 Å². The van der Waals surface area contributed by atoms with Gasteiger partial charge in [-0.1, -0.05) is 48.9 Å². The zero-order chi connectivity index (χ0) is 25.5. The SMILES string of the molecule is CC(C)CCC1(C)C(=O)C(C2=NS(O)(O)c3cc(OCC(N)=O)ccc3N2)=C(O)c2ccccc21. The van der Waals surface area contributed by atoms with Crippen LogP contribution in [0.3, 0.4) is 0 Å². The molecule has 0 radical (unpaired) electrons. The van der Waals surface area contributed by atoms with Crippen molar-refractivity contribution in [1.82, 2.24) is 0 Å². The molecule has 4 rings (SSSR count). The fourth-order valence-corrected chi connectivity index (χ4v) is 5.55. The van der Waals surface area contributed by atoms with E-state index < -0.39 is 22.1 Å². The number of anilines is 1. The van der Waals surface area contributed by atoms with E-state index in [1.54, 1.807) is 12.1 Å². The van der Waals surface area contributed by atoms with Crippen LogP contribution in [0.5, 0.6) is 5.75 Å². The van der Waals surface area contributed by atoms with Crippen molar-refractivity contribution in [3.8, 4) is 5.75 Å². The maximum absolute atomic E-state index is 13.9. The molecular formula is C25H29N3O6S. The van der Waals surface area contributed by atoms with Crippen LogP contribution >= 0.6 is 10.8 Å². The molecular weight excluding hydrogens is 470 g/mol. The average Bonchev–Trinajstić information content (AvgIpc) is 2.80. The molecule has 9 nitrogen and oxygen atoms in total. The summed E-state index contributed by atoms with van der Waals surface area (Å²) in [6.07, 6.45) is 1.34. The summed E-state index contributed by atoms with van der Waals surface area (Å²) in [5.74, 6) is -0.832. The van der Waals surface area contributed by atoms with Crippen LogP contribution in [-0.2, 0) is 15.0 Å². The molecule has 10 heteroatoms. The molecule has 1 heterocycles. The summed E-state index contributed by atoms with van der Waals surface area (Å²) >= 11 is 0. The predicted octanol–water partition coefficient (Wildman–Crippen LogP) is 4.65. The monoisotopic (exact) mass is 499 g/mol. The molecule has 6 N–H and O–H groups in total. The number of fused-ring (bicyclic) bond motifs is 2. The van der Waals surface area contributed by atoms with Gasteiger partial charge in [0.2, 0.25) is 0 Å². The second-order valence-corrected chi connectivity index (χ2v) is 11.0. The van der Waals surface area contributed by atoms with E-state index in [9.17, 15) is 23.8 Å². The lowest BCUT2D eigenvalue weighted by molar-refractivity contribution is -0.121. The van der Waals surface area contributed by atoms with Crippen molar-refractivity contribution in [2.45, 2.75) is 43.9 Å². The molecule has 1 unspecified atom stereocenters. The van der Waals surface area contributed by atoms with E-state index >= 15 is 0 Å². The third-order valence-electron chi connectivity index (χ3n) is 6.30. The molecule has 0 spiro atoms. The largest absolute Gasteiger partial charge is 0.506 e. The smallest absolute Gasteiger partial charge is 0.255 e. The van der Waals surface area contributed by atoms with Gasteiger partial charge >= 0.3 is 0 Å². The number of ketones is 1. The summed E-state index contributed by atoms with van der Waals surface area (Å²) in [6, 6.07) is 11.6. The molecule has 1 aliphatic carbocycles. The Kier molecular flexibility index (Phi) is 6.39. The minimum absolute atomic E-state index is 0.0366. The van der Waals surface area contributed by atoms with Gasteiger partial charge in [-0.25, -0.2) is 0 Å². The van der Waals surface area contributed by atoms with Gasteiger partial charge in [-0.15, -0.1) is 4.40 Å². The van der Waals surface area contributed by atoms with Crippen LogP contribution in [0.4, 0.5) is 5.69 Å². The van der Waals surface area contributed by atoms with Crippen LogP contribution in [0.1, 0.15) is 44.7 Å². The quantitative estimate of drug-likeness (QED) is 0.371. The van der Waals surface area contributed by atoms with E-state index in [2.05, 4.69) is 23.6 Å². The van der Waals surface area contributed by atoms with Gasteiger partial charge in [0.25, 0.3) is 5.91 Å². The minimum Gasteiger partial charge on any atom is -0.506 e. The molecule has 0 saturated carbocycles. The number of nitrogens with zero attached hydrogens (tertiary/aromatic N) is 1. The molecule has 1 aliphatic heterocycles. The Balaban J connectivity index is 1.79. The first-order chi connectivity index (χ1) is 16.4. The van der Waals surface area contributed by atoms with Crippen molar-refractivity contribution in [3.05, 3.63) is 59.2 Å². The maximum Gasteiger partial charge on any atom is 0.255 e. The lowest BCUT2D eigenvalue weighted by atomic mass is 9.66. The summed E-state index contributed by atoms with van der Waals surface area (Å²) in [4.78, 5) is 24.9. The summed E-state index contributed by atoms with van der Waals surface area (Å²) in [5.41, 5.74) is 5.61. The molecule has 2 aromatic rings. The van der Waals surface area contributed by atoms with Crippen molar-refractivity contribution >= 4 is 39.7 Å². The Hall–Kier alpha value is -3.34. The fraction of sp³-hybridized carbons (Fsp3) is 0.320. The summed E-state index contributed by atoms with van der Waals surface area (Å²) in [6.45, 7) is 5.64. The highest BCUT2D eigenvalue weighted by Gasteiger charge is 2.46. The lowest BCUT2D eigenvalue weighted by Crippen LogP contribution is -2.42. The van der Waals surface area contributed by atoms with Crippen molar-refractivity contribution in [1.29, 1.82) is 0 Å². The summed E-state index contributed by atoms with van der Waals surface area (Å²) < 4.78 is 31.0. The first-order valence-electron chi connectivity index (χ1n) is 11.2. The van der Waals surface area contributed by atoms with E-state index in [1.165, 1.54) is 18.2 Å². The highest BCUT2D eigenvalue weighted by Crippen LogP contribution is 2.57. The number of aliphatic hydroxyl groups excluding tert-OH is 1. The first-order valence-corrected chi connectivity index (χ1v) is 12.7. The van der Waals surface area contributed by atoms with Gasteiger partial charge in [0, 0.05) is 11.6 Å². The van der Waals surface area contributed by atoms with Crippen molar-refractivity contribution in [2.75, 3.05) is 11.9 Å². The van der Waals surface area contributed by atoms with Crippen molar-refractivity contribution < 1.29 is 28.5 Å². The Labute approximate surface area is 205 Å². The van der Waals surface area contributed by atoms with Crippen molar-refractivity contribution in [3.63, 3.8) is 0 Å². The van der Waals surface area contributed by atoms with Crippen LogP contribution in [0.2, 0.25) is 0 Å². The van der Waals surface area contributed by atoms with Gasteiger partial charge in [0.05, 0.1) is 11.1 Å². The zero-order valence-electron chi connectivity index (χ0n) is 19.7. The number of nitrogens with one attached hydrogen (secondary N) is 1. The normalized spacial score (nSPS) is 21.5.